The van der Waals surface area contributed by atoms with E-state index in [4.69, 9.17) is 5.73 Å². The number of carbonyl (C=O) groups excluding carboxylic acids is 1. The van der Waals surface area contributed by atoms with Gasteiger partial charge in [-0.15, -0.1) is 0 Å². The van der Waals surface area contributed by atoms with Crippen LogP contribution in [0.4, 0.5) is 5.95 Å². The van der Waals surface area contributed by atoms with Crippen molar-refractivity contribution in [1.82, 2.24) is 19.9 Å². The molecule has 2 aromatic heterocycles. The van der Waals surface area contributed by atoms with E-state index in [1.807, 2.05) is 6.92 Å². The van der Waals surface area contributed by atoms with Gasteiger partial charge in [0.1, 0.15) is 12.1 Å². The van der Waals surface area contributed by atoms with Crippen molar-refractivity contribution in [3.63, 3.8) is 0 Å². The summed E-state index contributed by atoms with van der Waals surface area (Å²) in [5.41, 5.74) is 7.30. The molecule has 2 rings (SSSR count). The number of carbonyl (C=O) groups is 1. The van der Waals surface area contributed by atoms with Gasteiger partial charge >= 0.3 is 0 Å². The Morgan fingerprint density at radius 1 is 1.59 bits per heavy atom. The third kappa shape index (κ3) is 2.35. The van der Waals surface area contributed by atoms with Crippen LogP contribution in [-0.4, -0.2) is 27.0 Å². The molecule has 0 aliphatic carbocycles. The van der Waals surface area contributed by atoms with Crippen molar-refractivity contribution in [3.05, 3.63) is 18.5 Å². The number of hydrogen-bond donors (Lipinski definition) is 2. The molecule has 0 aliphatic rings. The van der Waals surface area contributed by atoms with Crippen LogP contribution in [0.3, 0.4) is 0 Å². The summed E-state index contributed by atoms with van der Waals surface area (Å²) in [6.07, 6.45) is 4.20. The number of pyridine rings is 1. The Balaban J connectivity index is 2.23. The molecule has 0 fully saturated rings. The summed E-state index contributed by atoms with van der Waals surface area (Å²) in [6, 6.07) is 1.80. The van der Waals surface area contributed by atoms with Gasteiger partial charge in [0.15, 0.2) is 0 Å². The van der Waals surface area contributed by atoms with Gasteiger partial charge in [0.2, 0.25) is 11.9 Å². The average Bonchev–Trinajstić information content (AvgIpc) is 2.64. The molecule has 0 radical (unpaired) electrons. The number of imidazole rings is 1. The van der Waals surface area contributed by atoms with E-state index in [-0.39, 0.29) is 12.5 Å². The molecule has 0 atom stereocenters. The Morgan fingerprint density at radius 2 is 2.41 bits per heavy atom. The van der Waals surface area contributed by atoms with Gasteiger partial charge in [-0.25, -0.2) is 4.98 Å². The first-order chi connectivity index (χ1) is 8.22. The fourth-order valence-electron chi connectivity index (χ4n) is 1.63. The summed E-state index contributed by atoms with van der Waals surface area (Å²) < 4.78 is 1.68. The third-order valence-electron chi connectivity index (χ3n) is 2.45. The predicted octanol–water partition coefficient (Wildman–Crippen LogP) is 0.540. The standard InChI is InChI=1S/C11H15N5O/c1-2-4-14-10(17)7-16-9-3-5-13-6-8(9)15-11(16)12/h3,5-6H,2,4,7H2,1H3,(H2,12,15)(H,14,17). The Hall–Kier alpha value is -2.11. The van der Waals surface area contributed by atoms with Gasteiger partial charge in [0.05, 0.1) is 11.7 Å². The molecule has 1 amide bonds. The van der Waals surface area contributed by atoms with Gasteiger partial charge in [0.25, 0.3) is 0 Å². The highest BCUT2D eigenvalue weighted by Gasteiger charge is 2.10. The maximum Gasteiger partial charge on any atom is 0.240 e. The molecule has 6 nitrogen and oxygen atoms in total. The molecular formula is C11H15N5O. The summed E-state index contributed by atoms with van der Waals surface area (Å²) in [4.78, 5) is 19.7. The van der Waals surface area contributed by atoms with Gasteiger partial charge in [-0.1, -0.05) is 6.92 Å². The number of hydrogen-bond acceptors (Lipinski definition) is 4. The Bertz CT molecular complexity index is 534. The van der Waals surface area contributed by atoms with E-state index >= 15 is 0 Å². The number of fused-ring (bicyclic) bond motifs is 1. The van der Waals surface area contributed by atoms with Crippen LogP contribution in [0.5, 0.6) is 0 Å². The topological polar surface area (TPSA) is 85.8 Å². The quantitative estimate of drug-likeness (QED) is 0.807. The zero-order valence-corrected chi connectivity index (χ0v) is 9.68. The maximum absolute atomic E-state index is 11.6. The first kappa shape index (κ1) is 11.4. The van der Waals surface area contributed by atoms with Crippen molar-refractivity contribution in [2.24, 2.45) is 0 Å². The van der Waals surface area contributed by atoms with E-state index in [9.17, 15) is 4.79 Å². The van der Waals surface area contributed by atoms with E-state index in [1.54, 1.807) is 23.0 Å². The summed E-state index contributed by atoms with van der Waals surface area (Å²) in [6.45, 7) is 2.87. The van der Waals surface area contributed by atoms with E-state index in [0.717, 1.165) is 11.9 Å². The summed E-state index contributed by atoms with van der Waals surface area (Å²) >= 11 is 0. The minimum absolute atomic E-state index is 0.0605. The van der Waals surface area contributed by atoms with E-state index < -0.39 is 0 Å². The first-order valence-corrected chi connectivity index (χ1v) is 5.54. The van der Waals surface area contributed by atoms with Gasteiger partial charge < -0.3 is 15.6 Å². The monoisotopic (exact) mass is 233 g/mol. The number of nitrogens with two attached hydrogens (primary N) is 1. The number of amides is 1. The van der Waals surface area contributed by atoms with Crippen molar-refractivity contribution in [2.75, 3.05) is 12.3 Å². The van der Waals surface area contributed by atoms with Crippen molar-refractivity contribution in [1.29, 1.82) is 0 Å². The van der Waals surface area contributed by atoms with Gasteiger partial charge in [0, 0.05) is 12.7 Å². The lowest BCUT2D eigenvalue weighted by atomic mass is 10.4. The lowest BCUT2D eigenvalue weighted by Crippen LogP contribution is -2.28. The Labute approximate surface area is 98.8 Å². The molecule has 17 heavy (non-hydrogen) atoms. The largest absolute Gasteiger partial charge is 0.369 e. The van der Waals surface area contributed by atoms with Crippen LogP contribution in [-0.2, 0) is 11.3 Å². The van der Waals surface area contributed by atoms with Crippen LogP contribution < -0.4 is 11.1 Å². The molecule has 0 unspecified atom stereocenters. The van der Waals surface area contributed by atoms with Crippen LogP contribution in [0, 0.1) is 0 Å². The summed E-state index contributed by atoms with van der Waals surface area (Å²) in [5, 5.41) is 2.80. The Kier molecular flexibility index (Phi) is 3.22. The molecule has 0 saturated heterocycles. The molecule has 0 aromatic carbocycles. The maximum atomic E-state index is 11.6. The first-order valence-electron chi connectivity index (χ1n) is 5.54. The fraction of sp³-hybridized carbons (Fsp3) is 0.364. The molecular weight excluding hydrogens is 218 g/mol. The van der Waals surface area contributed by atoms with Gasteiger partial charge in [-0.2, -0.15) is 0 Å². The normalized spacial score (nSPS) is 10.6. The second kappa shape index (κ2) is 4.82. The minimum atomic E-state index is -0.0605. The van der Waals surface area contributed by atoms with E-state index in [0.29, 0.717) is 18.0 Å². The van der Waals surface area contributed by atoms with Crippen LogP contribution in [0.2, 0.25) is 0 Å². The lowest BCUT2D eigenvalue weighted by Gasteiger charge is -2.06. The predicted molar refractivity (Wildman–Crippen MR) is 65.2 cm³/mol. The van der Waals surface area contributed by atoms with Crippen LogP contribution in [0.25, 0.3) is 11.0 Å². The molecule has 2 heterocycles. The van der Waals surface area contributed by atoms with Crippen molar-refractivity contribution in [2.45, 2.75) is 19.9 Å². The van der Waals surface area contributed by atoms with Gasteiger partial charge in [-0.05, 0) is 12.5 Å². The molecule has 0 spiro atoms. The lowest BCUT2D eigenvalue weighted by molar-refractivity contribution is -0.121. The van der Waals surface area contributed by atoms with Crippen LogP contribution in [0.1, 0.15) is 13.3 Å². The zero-order valence-electron chi connectivity index (χ0n) is 9.68. The number of anilines is 1. The van der Waals surface area contributed by atoms with E-state index in [1.165, 1.54) is 0 Å². The second-order valence-corrected chi connectivity index (χ2v) is 3.77. The highest BCUT2D eigenvalue weighted by molar-refractivity contribution is 5.82. The zero-order chi connectivity index (χ0) is 12.3. The summed E-state index contributed by atoms with van der Waals surface area (Å²) in [5.74, 6) is 0.273. The highest BCUT2D eigenvalue weighted by Crippen LogP contribution is 2.15. The van der Waals surface area contributed by atoms with E-state index in [2.05, 4.69) is 15.3 Å². The SMILES string of the molecule is CCCNC(=O)Cn1c(N)nc2cnccc21. The number of rotatable bonds is 4. The molecule has 90 valence electrons. The number of nitrogen functional groups attached to an aromatic ring is 1. The van der Waals surface area contributed by atoms with Crippen molar-refractivity contribution >= 4 is 22.9 Å². The fourth-order valence-corrected chi connectivity index (χ4v) is 1.63. The Morgan fingerprint density at radius 3 is 3.18 bits per heavy atom. The molecule has 0 saturated carbocycles. The highest BCUT2D eigenvalue weighted by atomic mass is 16.1. The molecule has 6 heteroatoms. The number of nitrogens with zero attached hydrogens (tertiary/aromatic N) is 3. The molecule has 0 bridgehead atoms. The summed E-state index contributed by atoms with van der Waals surface area (Å²) in [7, 11) is 0. The number of nitrogens with one attached hydrogen (secondary N) is 1. The number of aromatic nitrogens is 3. The molecule has 3 N–H and O–H groups in total. The smallest absolute Gasteiger partial charge is 0.240 e. The van der Waals surface area contributed by atoms with Crippen molar-refractivity contribution in [3.8, 4) is 0 Å². The molecule has 2 aromatic rings. The van der Waals surface area contributed by atoms with Crippen LogP contribution >= 0.6 is 0 Å². The van der Waals surface area contributed by atoms with Crippen LogP contribution in [0.15, 0.2) is 18.5 Å². The molecule has 0 aliphatic heterocycles. The van der Waals surface area contributed by atoms with Gasteiger partial charge in [-0.3, -0.25) is 9.78 Å². The second-order valence-electron chi connectivity index (χ2n) is 3.77. The average molecular weight is 233 g/mol. The van der Waals surface area contributed by atoms with Crippen molar-refractivity contribution < 1.29 is 4.79 Å². The minimum Gasteiger partial charge on any atom is -0.369 e. The third-order valence-corrected chi connectivity index (χ3v) is 2.45.